The zero-order valence-electron chi connectivity index (χ0n) is 16.6. The molecule has 150 valence electrons. The Morgan fingerprint density at radius 2 is 1.72 bits per heavy atom. The summed E-state index contributed by atoms with van der Waals surface area (Å²) in [7, 11) is 0. The third-order valence-electron chi connectivity index (χ3n) is 6.16. The number of carbonyl (C=O) groups is 2. The number of hydrogen-bond donors (Lipinski definition) is 1. The number of amides is 2. The minimum Gasteiger partial charge on any atom is -0.349 e. The van der Waals surface area contributed by atoms with Crippen molar-refractivity contribution in [2.45, 2.75) is 56.8 Å². The summed E-state index contributed by atoms with van der Waals surface area (Å²) in [5.74, 6) is 0.256. The van der Waals surface area contributed by atoms with Crippen molar-refractivity contribution in [1.82, 2.24) is 15.1 Å². The molecule has 3 fully saturated rings. The van der Waals surface area contributed by atoms with Crippen molar-refractivity contribution in [1.29, 1.82) is 0 Å². The van der Waals surface area contributed by atoms with Gasteiger partial charge in [0.25, 0.3) is 5.91 Å². The van der Waals surface area contributed by atoms with Gasteiger partial charge in [0.1, 0.15) is 0 Å². The van der Waals surface area contributed by atoms with E-state index in [1.807, 2.05) is 47.4 Å². The Bertz CT molecular complexity index is 888. The van der Waals surface area contributed by atoms with Crippen molar-refractivity contribution in [2.75, 3.05) is 6.67 Å². The highest BCUT2D eigenvalue weighted by atomic mass is 16.2. The van der Waals surface area contributed by atoms with Crippen LogP contribution in [0, 0.1) is 0 Å². The highest BCUT2D eigenvalue weighted by Gasteiger charge is 2.40. The van der Waals surface area contributed by atoms with Crippen LogP contribution in [0.5, 0.6) is 0 Å². The summed E-state index contributed by atoms with van der Waals surface area (Å²) >= 11 is 0. The number of β-lactam (4-membered cyclic amide) rings is 1. The molecule has 2 saturated carbocycles. The average molecular weight is 389 g/mol. The molecule has 1 N–H and O–H groups in total. The molecule has 3 aliphatic rings. The molecular formula is C24H27N3O2. The topological polar surface area (TPSA) is 52.7 Å². The highest BCUT2D eigenvalue weighted by molar-refractivity contribution is 5.94. The van der Waals surface area contributed by atoms with Crippen LogP contribution in [0.1, 0.15) is 59.6 Å². The lowest BCUT2D eigenvalue weighted by atomic mass is 9.94. The predicted octanol–water partition coefficient (Wildman–Crippen LogP) is 3.47. The number of hydrogen-bond acceptors (Lipinski definition) is 3. The minimum atomic E-state index is 0.0231. The van der Waals surface area contributed by atoms with Gasteiger partial charge in [-0.3, -0.25) is 14.5 Å². The number of carbonyl (C=O) groups excluding carboxylic acids is 2. The molecule has 1 saturated heterocycles. The number of benzene rings is 2. The van der Waals surface area contributed by atoms with Crippen LogP contribution in [-0.2, 0) is 11.3 Å². The first-order valence-electron chi connectivity index (χ1n) is 10.7. The molecule has 5 heteroatoms. The lowest BCUT2D eigenvalue weighted by molar-refractivity contribution is -0.150. The van der Waals surface area contributed by atoms with E-state index < -0.39 is 0 Å². The van der Waals surface area contributed by atoms with Gasteiger partial charge in [-0.15, -0.1) is 0 Å². The summed E-state index contributed by atoms with van der Waals surface area (Å²) in [5.41, 5.74) is 3.12. The van der Waals surface area contributed by atoms with Crippen LogP contribution in [0.3, 0.4) is 0 Å². The van der Waals surface area contributed by atoms with Gasteiger partial charge in [0.2, 0.25) is 5.91 Å². The van der Waals surface area contributed by atoms with E-state index in [2.05, 4.69) is 22.3 Å². The first kappa shape index (κ1) is 18.4. The quantitative estimate of drug-likeness (QED) is 0.704. The zero-order chi connectivity index (χ0) is 19.8. The summed E-state index contributed by atoms with van der Waals surface area (Å²) in [5, 5.41) is 3.03. The Balaban J connectivity index is 1.24. The number of likely N-dealkylation sites (tertiary alicyclic amines) is 1. The van der Waals surface area contributed by atoms with Crippen molar-refractivity contribution in [2.24, 2.45) is 0 Å². The smallest absolute Gasteiger partial charge is 0.251 e. The van der Waals surface area contributed by atoms with Gasteiger partial charge in [-0.2, -0.15) is 0 Å². The molecule has 1 atom stereocenters. The summed E-state index contributed by atoms with van der Waals surface area (Å²) < 4.78 is 0. The van der Waals surface area contributed by atoms with Crippen molar-refractivity contribution in [3.05, 3.63) is 71.3 Å². The largest absolute Gasteiger partial charge is 0.349 e. The standard InChI is InChI=1S/C24H27N3O2/c28-23-14-22(18-4-2-1-3-5-18)27(23)16-26(21-12-13-21)15-17-6-8-19(9-7-17)24(29)25-20-10-11-20/h1-9,20-22H,10-16H2,(H,25,29). The van der Waals surface area contributed by atoms with Crippen molar-refractivity contribution in [3.63, 3.8) is 0 Å². The molecule has 1 unspecified atom stereocenters. The van der Waals surface area contributed by atoms with Gasteiger partial charge in [-0.25, -0.2) is 0 Å². The van der Waals surface area contributed by atoms with E-state index in [0.717, 1.165) is 24.9 Å². The lowest BCUT2D eigenvalue weighted by Crippen LogP contribution is -2.51. The Hall–Kier alpha value is -2.66. The first-order valence-corrected chi connectivity index (χ1v) is 10.7. The van der Waals surface area contributed by atoms with Gasteiger partial charge in [-0.05, 0) is 48.9 Å². The van der Waals surface area contributed by atoms with E-state index >= 15 is 0 Å². The summed E-state index contributed by atoms with van der Waals surface area (Å²) in [6.45, 7) is 1.48. The number of nitrogens with zero attached hydrogens (tertiary/aromatic N) is 2. The van der Waals surface area contributed by atoms with Crippen molar-refractivity contribution >= 4 is 11.8 Å². The van der Waals surface area contributed by atoms with Crippen LogP contribution in [0.25, 0.3) is 0 Å². The monoisotopic (exact) mass is 389 g/mol. The molecule has 1 aliphatic heterocycles. The maximum Gasteiger partial charge on any atom is 0.251 e. The molecule has 2 aliphatic carbocycles. The number of rotatable bonds is 8. The van der Waals surface area contributed by atoms with Crippen LogP contribution in [-0.4, -0.2) is 40.4 Å². The predicted molar refractivity (Wildman–Crippen MR) is 111 cm³/mol. The van der Waals surface area contributed by atoms with Crippen LogP contribution >= 0.6 is 0 Å². The van der Waals surface area contributed by atoms with Crippen LogP contribution in [0.4, 0.5) is 0 Å². The third kappa shape index (κ3) is 4.20. The fourth-order valence-corrected chi connectivity index (χ4v) is 4.03. The van der Waals surface area contributed by atoms with E-state index in [4.69, 9.17) is 0 Å². The maximum atomic E-state index is 12.3. The van der Waals surface area contributed by atoms with Gasteiger partial charge < -0.3 is 10.2 Å². The number of nitrogens with one attached hydrogen (secondary N) is 1. The lowest BCUT2D eigenvalue weighted by Gasteiger charge is -2.43. The highest BCUT2D eigenvalue weighted by Crippen LogP contribution is 2.37. The first-order chi connectivity index (χ1) is 14.2. The Labute approximate surface area is 171 Å². The van der Waals surface area contributed by atoms with E-state index in [1.165, 1.54) is 24.0 Å². The molecule has 29 heavy (non-hydrogen) atoms. The third-order valence-corrected chi connectivity index (χ3v) is 6.16. The fourth-order valence-electron chi connectivity index (χ4n) is 4.03. The van der Waals surface area contributed by atoms with E-state index in [-0.39, 0.29) is 17.9 Å². The van der Waals surface area contributed by atoms with Crippen LogP contribution in [0.2, 0.25) is 0 Å². The molecule has 0 bridgehead atoms. The summed E-state index contributed by atoms with van der Waals surface area (Å²) in [6.07, 6.45) is 5.19. The minimum absolute atomic E-state index is 0.0231. The Morgan fingerprint density at radius 1 is 1.00 bits per heavy atom. The van der Waals surface area contributed by atoms with Gasteiger partial charge in [0.15, 0.2) is 0 Å². The SMILES string of the molecule is O=C(NC1CC1)c1ccc(CN(CN2C(=O)CC2c2ccccc2)C2CC2)cc1. The van der Waals surface area contributed by atoms with Gasteiger partial charge in [0.05, 0.1) is 19.1 Å². The molecule has 2 aromatic carbocycles. The van der Waals surface area contributed by atoms with E-state index in [1.54, 1.807) is 0 Å². The molecule has 1 heterocycles. The molecular weight excluding hydrogens is 362 g/mol. The molecule has 5 rings (SSSR count). The van der Waals surface area contributed by atoms with Crippen LogP contribution < -0.4 is 5.32 Å². The molecule has 0 spiro atoms. The Morgan fingerprint density at radius 3 is 2.34 bits per heavy atom. The van der Waals surface area contributed by atoms with E-state index in [0.29, 0.717) is 25.2 Å². The molecule has 2 aromatic rings. The zero-order valence-corrected chi connectivity index (χ0v) is 16.6. The van der Waals surface area contributed by atoms with Crippen LogP contribution in [0.15, 0.2) is 54.6 Å². The van der Waals surface area contributed by atoms with Gasteiger partial charge in [0, 0.05) is 24.2 Å². The normalized spacial score (nSPS) is 21.2. The summed E-state index contributed by atoms with van der Waals surface area (Å²) in [4.78, 5) is 28.9. The second-order valence-electron chi connectivity index (χ2n) is 8.56. The Kier molecular flexibility index (Phi) is 4.84. The fraction of sp³-hybridized carbons (Fsp3) is 0.417. The molecule has 0 radical (unpaired) electrons. The second kappa shape index (κ2) is 7.64. The van der Waals surface area contributed by atoms with Crippen molar-refractivity contribution in [3.8, 4) is 0 Å². The second-order valence-corrected chi connectivity index (χ2v) is 8.56. The maximum absolute atomic E-state index is 12.3. The van der Waals surface area contributed by atoms with Crippen molar-refractivity contribution < 1.29 is 9.59 Å². The van der Waals surface area contributed by atoms with E-state index in [9.17, 15) is 9.59 Å². The molecule has 0 aromatic heterocycles. The average Bonchev–Trinajstić information content (AvgIpc) is 3.65. The molecule has 5 nitrogen and oxygen atoms in total. The summed E-state index contributed by atoms with van der Waals surface area (Å²) in [6, 6.07) is 19.3. The van der Waals surface area contributed by atoms with Gasteiger partial charge >= 0.3 is 0 Å². The molecule has 2 amide bonds. The van der Waals surface area contributed by atoms with Gasteiger partial charge in [-0.1, -0.05) is 42.5 Å².